The van der Waals surface area contributed by atoms with Crippen molar-refractivity contribution in [3.63, 3.8) is 0 Å². The minimum atomic E-state index is -0.330. The maximum atomic E-state index is 12.5. The van der Waals surface area contributed by atoms with Crippen molar-refractivity contribution < 1.29 is 19.4 Å². The van der Waals surface area contributed by atoms with E-state index in [1.807, 2.05) is 60.0 Å². The third-order valence-corrected chi connectivity index (χ3v) is 6.18. The van der Waals surface area contributed by atoms with Gasteiger partial charge in [-0.05, 0) is 55.5 Å². The number of thioether (sulfide) groups is 1. The van der Waals surface area contributed by atoms with E-state index in [4.69, 9.17) is 9.47 Å². The van der Waals surface area contributed by atoms with Gasteiger partial charge in [-0.2, -0.15) is 5.10 Å². The van der Waals surface area contributed by atoms with Gasteiger partial charge in [-0.25, -0.2) is 5.43 Å². The molecule has 0 aliphatic heterocycles. The molecule has 4 aromatic rings. The summed E-state index contributed by atoms with van der Waals surface area (Å²) >= 11 is 1.24. The molecule has 1 heterocycles. The number of benzene rings is 3. The number of aromatic hydroxyl groups is 1. The summed E-state index contributed by atoms with van der Waals surface area (Å²) in [5, 5.41) is 23.4. The number of carbonyl (C=O) groups excluding carboxylic acids is 1. The number of rotatable bonds is 9. The predicted octanol–water partition coefficient (Wildman–Crippen LogP) is 4.21. The second-order valence-electron chi connectivity index (χ2n) is 7.69. The molecule has 4 rings (SSSR count). The quantitative estimate of drug-likeness (QED) is 0.200. The van der Waals surface area contributed by atoms with Gasteiger partial charge in [0.25, 0.3) is 5.91 Å². The van der Waals surface area contributed by atoms with Crippen molar-refractivity contribution in [2.24, 2.45) is 5.10 Å². The molecule has 1 amide bonds. The van der Waals surface area contributed by atoms with E-state index in [0.29, 0.717) is 22.3 Å². The van der Waals surface area contributed by atoms with Crippen LogP contribution in [0.5, 0.6) is 17.2 Å². The second kappa shape index (κ2) is 11.4. The SMILES string of the molecule is COc1ccc(-c2nnc(SCC(=O)NN=Cc3cccc(OC)c3O)n2-c2ccc(C)cc2)cc1. The number of aryl methyl sites for hydroxylation is 1. The first-order chi connectivity index (χ1) is 17.5. The number of carbonyl (C=O) groups is 1. The Morgan fingerprint density at radius 2 is 1.81 bits per heavy atom. The first-order valence-corrected chi connectivity index (χ1v) is 12.0. The van der Waals surface area contributed by atoms with Gasteiger partial charge in [0.1, 0.15) is 5.75 Å². The minimum absolute atomic E-state index is 0.0513. The zero-order chi connectivity index (χ0) is 25.5. The molecule has 0 bridgehead atoms. The van der Waals surface area contributed by atoms with Crippen LogP contribution >= 0.6 is 11.8 Å². The summed E-state index contributed by atoms with van der Waals surface area (Å²) in [6.45, 7) is 2.02. The lowest BCUT2D eigenvalue weighted by atomic mass is 10.2. The fourth-order valence-corrected chi connectivity index (χ4v) is 4.11. The summed E-state index contributed by atoms with van der Waals surface area (Å²) in [6.07, 6.45) is 1.36. The van der Waals surface area contributed by atoms with E-state index < -0.39 is 0 Å². The molecular formula is C26H25N5O4S. The van der Waals surface area contributed by atoms with Crippen LogP contribution in [0.1, 0.15) is 11.1 Å². The van der Waals surface area contributed by atoms with Crippen LogP contribution in [-0.2, 0) is 4.79 Å². The van der Waals surface area contributed by atoms with Crippen molar-refractivity contribution in [3.05, 3.63) is 77.9 Å². The van der Waals surface area contributed by atoms with E-state index in [9.17, 15) is 9.90 Å². The van der Waals surface area contributed by atoms with Gasteiger partial charge in [-0.15, -0.1) is 10.2 Å². The normalized spacial score (nSPS) is 11.0. The van der Waals surface area contributed by atoms with E-state index in [1.54, 1.807) is 25.3 Å². The Hall–Kier alpha value is -4.31. The molecule has 36 heavy (non-hydrogen) atoms. The largest absolute Gasteiger partial charge is 0.504 e. The molecule has 0 radical (unpaired) electrons. The van der Waals surface area contributed by atoms with Gasteiger partial charge < -0.3 is 14.6 Å². The molecule has 3 aromatic carbocycles. The van der Waals surface area contributed by atoms with Gasteiger partial charge in [-0.1, -0.05) is 35.5 Å². The average molecular weight is 504 g/mol. The predicted molar refractivity (Wildman–Crippen MR) is 139 cm³/mol. The van der Waals surface area contributed by atoms with Crippen LogP contribution in [0.2, 0.25) is 0 Å². The van der Waals surface area contributed by atoms with Crippen LogP contribution in [-0.4, -0.2) is 52.0 Å². The zero-order valence-corrected chi connectivity index (χ0v) is 20.8. The van der Waals surface area contributed by atoms with Gasteiger partial charge >= 0.3 is 0 Å². The minimum Gasteiger partial charge on any atom is -0.504 e. The fraction of sp³-hybridized carbons (Fsp3) is 0.154. The summed E-state index contributed by atoms with van der Waals surface area (Å²) in [7, 11) is 3.08. The summed E-state index contributed by atoms with van der Waals surface area (Å²) in [5.41, 5.74) is 5.77. The molecule has 1 aromatic heterocycles. The number of hydrazone groups is 1. The number of phenolic OH excluding ortho intramolecular Hbond substituents is 1. The standard InChI is InChI=1S/C26H25N5O4S/c1-17-7-11-20(12-8-17)31-25(18-9-13-21(34-2)14-10-18)29-30-26(31)36-16-23(32)28-27-15-19-5-4-6-22(35-3)24(19)33/h4-15,33H,16H2,1-3H3,(H,28,32). The Morgan fingerprint density at radius 1 is 1.06 bits per heavy atom. The number of hydrogen-bond acceptors (Lipinski definition) is 8. The number of phenols is 1. The molecular weight excluding hydrogens is 478 g/mol. The molecule has 0 fully saturated rings. The number of aromatic nitrogens is 3. The molecule has 10 heteroatoms. The van der Waals surface area contributed by atoms with E-state index >= 15 is 0 Å². The maximum Gasteiger partial charge on any atom is 0.250 e. The molecule has 0 spiro atoms. The van der Waals surface area contributed by atoms with Crippen LogP contribution in [0.4, 0.5) is 0 Å². The summed E-state index contributed by atoms with van der Waals surface area (Å²) in [4.78, 5) is 12.5. The molecule has 0 aliphatic rings. The number of methoxy groups -OCH3 is 2. The third kappa shape index (κ3) is 5.66. The van der Waals surface area contributed by atoms with E-state index in [0.717, 1.165) is 22.6 Å². The van der Waals surface area contributed by atoms with E-state index in [2.05, 4.69) is 20.7 Å². The molecule has 0 saturated carbocycles. The summed E-state index contributed by atoms with van der Waals surface area (Å²) < 4.78 is 12.2. The highest BCUT2D eigenvalue weighted by molar-refractivity contribution is 7.99. The average Bonchev–Trinajstić information content (AvgIpc) is 3.33. The number of hydrogen-bond donors (Lipinski definition) is 2. The highest BCUT2D eigenvalue weighted by Crippen LogP contribution is 2.30. The first kappa shape index (κ1) is 24.8. The smallest absolute Gasteiger partial charge is 0.250 e. The molecule has 2 N–H and O–H groups in total. The molecule has 9 nitrogen and oxygen atoms in total. The van der Waals surface area contributed by atoms with Crippen molar-refractivity contribution in [1.82, 2.24) is 20.2 Å². The van der Waals surface area contributed by atoms with Gasteiger partial charge in [0, 0.05) is 16.8 Å². The molecule has 0 aliphatic carbocycles. The maximum absolute atomic E-state index is 12.5. The van der Waals surface area contributed by atoms with Crippen LogP contribution in [0, 0.1) is 6.92 Å². The van der Waals surface area contributed by atoms with Crippen molar-refractivity contribution in [2.75, 3.05) is 20.0 Å². The van der Waals surface area contributed by atoms with Crippen LogP contribution in [0.3, 0.4) is 0 Å². The number of nitrogens with one attached hydrogen (secondary N) is 1. The highest BCUT2D eigenvalue weighted by atomic mass is 32.2. The molecule has 0 atom stereocenters. The first-order valence-electron chi connectivity index (χ1n) is 11.0. The van der Waals surface area contributed by atoms with Crippen molar-refractivity contribution >= 4 is 23.9 Å². The van der Waals surface area contributed by atoms with Crippen molar-refractivity contribution in [3.8, 4) is 34.3 Å². The van der Waals surface area contributed by atoms with E-state index in [1.165, 1.54) is 25.1 Å². The van der Waals surface area contributed by atoms with Gasteiger partial charge in [0.05, 0.1) is 26.2 Å². The third-order valence-electron chi connectivity index (χ3n) is 5.25. The van der Waals surface area contributed by atoms with Gasteiger partial charge in [0.2, 0.25) is 0 Å². The van der Waals surface area contributed by atoms with Crippen molar-refractivity contribution in [2.45, 2.75) is 12.1 Å². The lowest BCUT2D eigenvalue weighted by molar-refractivity contribution is -0.118. The summed E-state index contributed by atoms with van der Waals surface area (Å²) in [6, 6.07) is 20.6. The number of para-hydroxylation sites is 1. The van der Waals surface area contributed by atoms with Crippen LogP contribution in [0.25, 0.3) is 17.1 Å². The second-order valence-corrected chi connectivity index (χ2v) is 8.63. The van der Waals surface area contributed by atoms with Crippen molar-refractivity contribution in [1.29, 1.82) is 0 Å². The highest BCUT2D eigenvalue weighted by Gasteiger charge is 2.17. The van der Waals surface area contributed by atoms with E-state index in [-0.39, 0.29) is 17.4 Å². The monoisotopic (exact) mass is 503 g/mol. The molecule has 0 saturated heterocycles. The topological polar surface area (TPSA) is 111 Å². The lowest BCUT2D eigenvalue weighted by Gasteiger charge is -2.11. The Kier molecular flexibility index (Phi) is 7.86. The van der Waals surface area contributed by atoms with Gasteiger partial charge in [-0.3, -0.25) is 9.36 Å². The Labute approximate surface area is 212 Å². The lowest BCUT2D eigenvalue weighted by Crippen LogP contribution is -2.20. The van der Waals surface area contributed by atoms with Gasteiger partial charge in [0.15, 0.2) is 22.5 Å². The number of ether oxygens (including phenoxy) is 2. The number of amides is 1. The summed E-state index contributed by atoms with van der Waals surface area (Å²) in [5.74, 6) is 1.40. The Bertz CT molecular complexity index is 1370. The van der Waals surface area contributed by atoms with Crippen LogP contribution < -0.4 is 14.9 Å². The van der Waals surface area contributed by atoms with Crippen LogP contribution in [0.15, 0.2) is 77.0 Å². The molecule has 184 valence electrons. The number of nitrogens with zero attached hydrogens (tertiary/aromatic N) is 4. The fourth-order valence-electron chi connectivity index (χ4n) is 3.36. The Balaban J connectivity index is 1.51. The Morgan fingerprint density at radius 3 is 2.50 bits per heavy atom. The molecule has 0 unspecified atom stereocenters. The zero-order valence-electron chi connectivity index (χ0n) is 20.0.